The van der Waals surface area contributed by atoms with E-state index < -0.39 is 26.0 Å². The van der Waals surface area contributed by atoms with Crippen LogP contribution in [0.25, 0.3) is 0 Å². The Hall–Kier alpha value is -1.80. The van der Waals surface area contributed by atoms with Crippen LogP contribution in [0.3, 0.4) is 0 Å². The lowest BCUT2D eigenvalue weighted by Crippen LogP contribution is -2.68. The molecule has 4 atom stereocenters. The zero-order chi connectivity index (χ0) is 23.3. The Morgan fingerprint density at radius 3 is 2.09 bits per heavy atom. The summed E-state index contributed by atoms with van der Waals surface area (Å²) in [6.07, 6.45) is 3.06. The summed E-state index contributed by atoms with van der Waals surface area (Å²) in [7, 11) is -2.71. The minimum atomic E-state index is -2.71. The number of fused-ring (bicyclic) bond motifs is 3. The molecule has 2 fully saturated rings. The molecule has 3 aliphatic heterocycles. The van der Waals surface area contributed by atoms with Crippen LogP contribution in [0.15, 0.2) is 72.8 Å². The molecule has 33 heavy (non-hydrogen) atoms. The maximum Gasteiger partial charge on any atom is 0.261 e. The number of rotatable bonds is 5. The quantitative estimate of drug-likeness (QED) is 0.496. The number of hydrogen-bond acceptors (Lipinski definition) is 5. The van der Waals surface area contributed by atoms with Crippen molar-refractivity contribution >= 4 is 18.7 Å². The molecule has 0 N–H and O–H groups in total. The van der Waals surface area contributed by atoms with Gasteiger partial charge in [-0.05, 0) is 35.3 Å². The van der Waals surface area contributed by atoms with Gasteiger partial charge in [0.25, 0.3) is 8.32 Å². The molecule has 0 amide bonds. The van der Waals surface area contributed by atoms with E-state index in [1.165, 1.54) is 10.4 Å². The zero-order valence-corrected chi connectivity index (χ0v) is 21.1. The summed E-state index contributed by atoms with van der Waals surface area (Å²) in [5.41, 5.74) is -0.753. The molecule has 176 valence electrons. The Morgan fingerprint density at radius 2 is 1.52 bits per heavy atom. The summed E-state index contributed by atoms with van der Waals surface area (Å²) in [5, 5.41) is 2.36. The fourth-order valence-corrected chi connectivity index (χ4v) is 10.1. The molecule has 2 saturated heterocycles. The van der Waals surface area contributed by atoms with Crippen molar-refractivity contribution in [1.29, 1.82) is 0 Å². The van der Waals surface area contributed by atoms with Gasteiger partial charge in [-0.15, -0.1) is 0 Å². The Labute approximate surface area is 197 Å². The highest BCUT2D eigenvalue weighted by Gasteiger charge is 2.63. The van der Waals surface area contributed by atoms with Gasteiger partial charge in [0.05, 0.1) is 13.2 Å². The number of hydrogen-bond donors (Lipinski definition) is 0. The van der Waals surface area contributed by atoms with Crippen LogP contribution in [0.5, 0.6) is 0 Å². The monoisotopic (exact) mass is 466 g/mol. The third-order valence-electron chi connectivity index (χ3n) is 6.91. The molecule has 0 radical (unpaired) electrons. The van der Waals surface area contributed by atoms with Crippen LogP contribution in [0.4, 0.5) is 0 Å². The summed E-state index contributed by atoms with van der Waals surface area (Å²) < 4.78 is 32.2. The van der Waals surface area contributed by atoms with E-state index in [1.54, 1.807) is 0 Å². The molecule has 6 heteroatoms. The van der Waals surface area contributed by atoms with E-state index in [0.717, 1.165) is 0 Å². The van der Waals surface area contributed by atoms with Crippen molar-refractivity contribution in [3.63, 3.8) is 0 Å². The van der Waals surface area contributed by atoms with Gasteiger partial charge < -0.3 is 23.4 Å². The molecular formula is C27H34O5Si. The van der Waals surface area contributed by atoms with Crippen molar-refractivity contribution < 1.29 is 23.4 Å². The van der Waals surface area contributed by atoms with Gasteiger partial charge in [0.1, 0.15) is 17.8 Å². The lowest BCUT2D eigenvalue weighted by molar-refractivity contribution is -0.239. The van der Waals surface area contributed by atoms with Crippen molar-refractivity contribution in [2.45, 2.75) is 69.5 Å². The fraction of sp³-hybridized carbons (Fsp3) is 0.481. The van der Waals surface area contributed by atoms with Gasteiger partial charge in [-0.25, -0.2) is 0 Å². The molecule has 0 aliphatic carbocycles. The number of ether oxygens (including phenoxy) is 4. The number of benzene rings is 2. The van der Waals surface area contributed by atoms with Crippen LogP contribution in [0.1, 0.15) is 34.6 Å². The predicted molar refractivity (Wildman–Crippen MR) is 130 cm³/mol. The molecule has 3 aliphatic rings. The molecule has 5 nitrogen and oxygen atoms in total. The second kappa shape index (κ2) is 8.15. The maximum atomic E-state index is 7.20. The highest BCUT2D eigenvalue weighted by molar-refractivity contribution is 6.99. The van der Waals surface area contributed by atoms with Gasteiger partial charge in [0, 0.05) is 0 Å². The smallest absolute Gasteiger partial charge is 0.261 e. The van der Waals surface area contributed by atoms with Gasteiger partial charge in [-0.2, -0.15) is 0 Å². The molecule has 0 aromatic heterocycles. The van der Waals surface area contributed by atoms with E-state index in [1.807, 2.05) is 19.9 Å². The van der Waals surface area contributed by atoms with E-state index in [2.05, 4.69) is 87.5 Å². The first-order chi connectivity index (χ1) is 15.7. The molecule has 2 aromatic rings. The van der Waals surface area contributed by atoms with Crippen LogP contribution in [0.2, 0.25) is 5.04 Å². The molecular weight excluding hydrogens is 432 g/mol. The summed E-state index contributed by atoms with van der Waals surface area (Å²) in [6.45, 7) is 11.5. The first kappa shape index (κ1) is 23.0. The summed E-state index contributed by atoms with van der Waals surface area (Å²) in [4.78, 5) is 0. The Morgan fingerprint density at radius 1 is 0.909 bits per heavy atom. The largest absolute Gasteiger partial charge is 0.404 e. The van der Waals surface area contributed by atoms with Crippen LogP contribution in [0, 0.1) is 0 Å². The minimum absolute atomic E-state index is 0.120. The van der Waals surface area contributed by atoms with E-state index in [9.17, 15) is 0 Å². The summed E-state index contributed by atoms with van der Waals surface area (Å²) >= 11 is 0. The average molecular weight is 467 g/mol. The highest BCUT2D eigenvalue weighted by Crippen LogP contribution is 2.47. The predicted octanol–water partition coefficient (Wildman–Crippen LogP) is 3.76. The lowest BCUT2D eigenvalue weighted by atomic mass is 9.94. The molecule has 0 unspecified atom stereocenters. The fourth-order valence-electron chi connectivity index (χ4n) is 5.54. The summed E-state index contributed by atoms with van der Waals surface area (Å²) in [6, 6.07) is 21.3. The second-order valence-corrected chi connectivity index (χ2v) is 15.0. The van der Waals surface area contributed by atoms with Crippen LogP contribution in [-0.2, 0) is 23.4 Å². The van der Waals surface area contributed by atoms with Crippen molar-refractivity contribution in [1.82, 2.24) is 0 Å². The standard InChI is InChI=1S/C27H34O5Si/c1-25(2,3)33(20-13-8-6-9-14-20,21-15-10-7-11-16-21)29-19-27-17-12-18-28-23(27)22-24(32-27)31-26(4,5)30-22/h6-17,22-24H,18-19H2,1-5H3/t22-,23+,24+,27-/m1/s1. The van der Waals surface area contributed by atoms with Gasteiger partial charge in [0.2, 0.25) is 0 Å². The van der Waals surface area contributed by atoms with Gasteiger partial charge in [-0.1, -0.05) is 87.5 Å². The average Bonchev–Trinajstić information content (AvgIpc) is 3.23. The van der Waals surface area contributed by atoms with Crippen LogP contribution in [-0.4, -0.2) is 51.4 Å². The molecule has 3 heterocycles. The van der Waals surface area contributed by atoms with Gasteiger partial charge in [-0.3, -0.25) is 0 Å². The first-order valence-electron chi connectivity index (χ1n) is 11.7. The first-order valence-corrected chi connectivity index (χ1v) is 13.7. The topological polar surface area (TPSA) is 46.2 Å². The van der Waals surface area contributed by atoms with Crippen molar-refractivity contribution in [3.05, 3.63) is 72.8 Å². The van der Waals surface area contributed by atoms with Crippen molar-refractivity contribution in [2.75, 3.05) is 13.2 Å². The van der Waals surface area contributed by atoms with Gasteiger partial charge >= 0.3 is 0 Å². The van der Waals surface area contributed by atoms with E-state index >= 15 is 0 Å². The highest BCUT2D eigenvalue weighted by atomic mass is 28.4. The van der Waals surface area contributed by atoms with E-state index in [4.69, 9.17) is 23.4 Å². The van der Waals surface area contributed by atoms with E-state index in [-0.39, 0.29) is 17.2 Å². The second-order valence-electron chi connectivity index (χ2n) is 10.6. The normalized spacial score (nSPS) is 30.8. The maximum absolute atomic E-state index is 7.20. The van der Waals surface area contributed by atoms with E-state index in [0.29, 0.717) is 13.2 Å². The third-order valence-corrected chi connectivity index (χ3v) is 11.9. The molecule has 5 rings (SSSR count). The Bertz CT molecular complexity index is 961. The Kier molecular flexibility index (Phi) is 5.67. The van der Waals surface area contributed by atoms with Crippen molar-refractivity contribution in [2.24, 2.45) is 0 Å². The lowest BCUT2D eigenvalue weighted by Gasteiger charge is -2.46. The SMILES string of the molecule is CC1(C)O[C@H]2O[C@@]3(CO[Si](c4ccccc4)(c4ccccc4)C(C)(C)C)C=CCO[C@H]3[C@H]2O1. The molecule has 0 saturated carbocycles. The van der Waals surface area contributed by atoms with Crippen LogP contribution >= 0.6 is 0 Å². The summed E-state index contributed by atoms with van der Waals surface area (Å²) in [5.74, 6) is -0.690. The van der Waals surface area contributed by atoms with Crippen molar-refractivity contribution in [3.8, 4) is 0 Å². The van der Waals surface area contributed by atoms with Gasteiger partial charge in [0.15, 0.2) is 12.1 Å². The molecule has 0 bridgehead atoms. The minimum Gasteiger partial charge on any atom is -0.404 e. The third kappa shape index (κ3) is 3.83. The molecule has 0 spiro atoms. The van der Waals surface area contributed by atoms with Crippen LogP contribution < -0.4 is 10.4 Å². The zero-order valence-electron chi connectivity index (χ0n) is 20.1. The Balaban J connectivity index is 1.55. The molecule has 2 aromatic carbocycles.